The number of oxazole rings is 1. The van der Waals surface area contributed by atoms with E-state index in [0.717, 1.165) is 55.2 Å². The van der Waals surface area contributed by atoms with Crippen LogP contribution in [0.2, 0.25) is 0 Å². The first kappa shape index (κ1) is 15.8. The molecule has 4 rings (SSSR count). The van der Waals surface area contributed by atoms with E-state index in [9.17, 15) is 0 Å². The van der Waals surface area contributed by atoms with Crippen molar-refractivity contribution in [3.8, 4) is 5.88 Å². The van der Waals surface area contributed by atoms with Gasteiger partial charge in [0, 0.05) is 45.3 Å². The van der Waals surface area contributed by atoms with Gasteiger partial charge in [0.15, 0.2) is 5.89 Å². The molecule has 1 fully saturated rings. The van der Waals surface area contributed by atoms with Crippen LogP contribution in [0.3, 0.4) is 0 Å². The molecule has 0 bridgehead atoms. The van der Waals surface area contributed by atoms with Gasteiger partial charge in [-0.1, -0.05) is 0 Å². The minimum Gasteiger partial charge on any atom is -0.480 e. The highest BCUT2D eigenvalue weighted by molar-refractivity contribution is 5.86. The number of aryl methyl sites for hydroxylation is 1. The summed E-state index contributed by atoms with van der Waals surface area (Å²) in [6, 6.07) is 6.26. The number of aromatic nitrogens is 3. The minimum absolute atomic E-state index is 0.617. The van der Waals surface area contributed by atoms with E-state index in [-0.39, 0.29) is 0 Å². The lowest BCUT2D eigenvalue weighted by Gasteiger charge is -2.35. The highest BCUT2D eigenvalue weighted by atomic mass is 16.5. The molecule has 0 amide bonds. The van der Waals surface area contributed by atoms with E-state index in [1.165, 1.54) is 12.0 Å². The van der Waals surface area contributed by atoms with Crippen LogP contribution in [0, 0.1) is 6.92 Å². The van der Waals surface area contributed by atoms with Gasteiger partial charge >= 0.3 is 0 Å². The van der Waals surface area contributed by atoms with Crippen LogP contribution < -0.4 is 9.64 Å². The van der Waals surface area contributed by atoms with Gasteiger partial charge in [-0.3, -0.25) is 4.90 Å². The molecule has 1 aromatic carbocycles. The van der Waals surface area contributed by atoms with E-state index in [4.69, 9.17) is 9.15 Å². The van der Waals surface area contributed by atoms with Crippen molar-refractivity contribution in [3.05, 3.63) is 42.4 Å². The Labute approximate surface area is 146 Å². The van der Waals surface area contributed by atoms with Crippen LogP contribution in [0.25, 0.3) is 10.9 Å². The molecule has 0 atom stereocenters. The molecule has 0 saturated carbocycles. The van der Waals surface area contributed by atoms with Crippen molar-refractivity contribution in [2.75, 3.05) is 38.2 Å². The molecule has 2 aromatic heterocycles. The van der Waals surface area contributed by atoms with Gasteiger partial charge in [0.2, 0.25) is 5.88 Å². The van der Waals surface area contributed by atoms with E-state index in [2.05, 4.69) is 36.9 Å². The minimum atomic E-state index is 0.617. The van der Waals surface area contributed by atoms with E-state index < -0.39 is 0 Å². The Morgan fingerprint density at radius 3 is 2.72 bits per heavy atom. The zero-order valence-electron chi connectivity index (χ0n) is 14.5. The number of fused-ring (bicyclic) bond motifs is 1. The number of rotatable bonds is 4. The summed E-state index contributed by atoms with van der Waals surface area (Å²) in [6.07, 6.45) is 3.28. The van der Waals surface area contributed by atoms with Crippen LogP contribution in [0.1, 0.15) is 11.6 Å². The van der Waals surface area contributed by atoms with Gasteiger partial charge in [0.05, 0.1) is 23.7 Å². The summed E-state index contributed by atoms with van der Waals surface area (Å²) < 4.78 is 10.6. The van der Waals surface area contributed by atoms with Crippen molar-refractivity contribution in [3.63, 3.8) is 0 Å². The molecule has 130 valence electrons. The number of piperazine rings is 1. The second-order valence-electron chi connectivity index (χ2n) is 6.21. The summed E-state index contributed by atoms with van der Waals surface area (Å²) >= 11 is 0. The summed E-state index contributed by atoms with van der Waals surface area (Å²) in [4.78, 5) is 17.7. The first-order chi connectivity index (χ1) is 12.2. The van der Waals surface area contributed by atoms with Gasteiger partial charge in [-0.15, -0.1) is 0 Å². The predicted octanol–water partition coefficient (Wildman–Crippen LogP) is 2.26. The Morgan fingerprint density at radius 2 is 2.00 bits per heavy atom. The summed E-state index contributed by atoms with van der Waals surface area (Å²) in [6.45, 7) is 6.64. The Bertz CT molecular complexity index is 871. The zero-order valence-corrected chi connectivity index (χ0v) is 14.5. The van der Waals surface area contributed by atoms with Gasteiger partial charge in [0.1, 0.15) is 12.6 Å². The first-order valence-electron chi connectivity index (χ1n) is 8.40. The van der Waals surface area contributed by atoms with Crippen molar-refractivity contribution in [1.82, 2.24) is 19.9 Å². The number of nitrogens with zero attached hydrogens (tertiary/aromatic N) is 5. The van der Waals surface area contributed by atoms with Gasteiger partial charge in [-0.25, -0.2) is 15.0 Å². The second-order valence-corrected chi connectivity index (χ2v) is 6.21. The maximum atomic E-state index is 5.36. The van der Waals surface area contributed by atoms with Crippen LogP contribution in [0.4, 0.5) is 5.69 Å². The number of benzene rings is 1. The molecular weight excluding hydrogens is 318 g/mol. The third-order valence-electron chi connectivity index (χ3n) is 4.57. The van der Waals surface area contributed by atoms with Crippen LogP contribution in [-0.4, -0.2) is 53.1 Å². The molecule has 1 aliphatic heterocycles. The maximum absolute atomic E-state index is 5.36. The Hall–Kier alpha value is -2.67. The van der Waals surface area contributed by atoms with Crippen LogP contribution in [-0.2, 0) is 6.54 Å². The fourth-order valence-electron chi connectivity index (χ4n) is 3.25. The summed E-state index contributed by atoms with van der Waals surface area (Å²) in [5.74, 6) is 1.34. The SMILES string of the molecule is COc1ncnc2ccc(N3CCN(Cc4coc(C)n4)CC3)cc12. The molecule has 0 unspecified atom stereocenters. The molecule has 0 N–H and O–H groups in total. The first-order valence-corrected chi connectivity index (χ1v) is 8.40. The van der Waals surface area contributed by atoms with Crippen molar-refractivity contribution in [1.29, 1.82) is 0 Å². The number of hydrogen-bond donors (Lipinski definition) is 0. The number of hydrogen-bond acceptors (Lipinski definition) is 7. The number of anilines is 1. The second kappa shape index (κ2) is 6.68. The summed E-state index contributed by atoms with van der Waals surface area (Å²) in [5.41, 5.74) is 3.08. The lowest BCUT2D eigenvalue weighted by atomic mass is 10.2. The van der Waals surface area contributed by atoms with Gasteiger partial charge < -0.3 is 14.1 Å². The topological polar surface area (TPSA) is 67.5 Å². The smallest absolute Gasteiger partial charge is 0.224 e. The largest absolute Gasteiger partial charge is 0.480 e. The van der Waals surface area contributed by atoms with Crippen LogP contribution >= 0.6 is 0 Å². The van der Waals surface area contributed by atoms with Crippen molar-refractivity contribution < 1.29 is 9.15 Å². The van der Waals surface area contributed by atoms with Crippen molar-refractivity contribution in [2.24, 2.45) is 0 Å². The molecule has 7 heteroatoms. The third kappa shape index (κ3) is 3.28. The van der Waals surface area contributed by atoms with Crippen LogP contribution in [0.5, 0.6) is 5.88 Å². The Kier molecular flexibility index (Phi) is 4.23. The van der Waals surface area contributed by atoms with Gasteiger partial charge in [-0.2, -0.15) is 0 Å². The van der Waals surface area contributed by atoms with Gasteiger partial charge in [-0.05, 0) is 18.2 Å². The third-order valence-corrected chi connectivity index (χ3v) is 4.57. The zero-order chi connectivity index (χ0) is 17.2. The van der Waals surface area contributed by atoms with E-state index in [1.54, 1.807) is 13.4 Å². The summed E-state index contributed by atoms with van der Waals surface area (Å²) in [7, 11) is 1.64. The highest BCUT2D eigenvalue weighted by Gasteiger charge is 2.19. The standard InChI is InChI=1S/C18H21N5O2/c1-13-21-14(11-25-13)10-22-5-7-23(8-6-22)15-3-4-17-16(9-15)18(24-2)20-12-19-17/h3-4,9,11-12H,5-8,10H2,1-2H3. The maximum Gasteiger partial charge on any atom is 0.224 e. The monoisotopic (exact) mass is 339 g/mol. The fraction of sp³-hybridized carbons (Fsp3) is 0.389. The number of ether oxygens (including phenoxy) is 1. The van der Waals surface area contributed by atoms with Crippen LogP contribution in [0.15, 0.2) is 35.2 Å². The molecule has 25 heavy (non-hydrogen) atoms. The molecule has 0 radical (unpaired) electrons. The fourth-order valence-corrected chi connectivity index (χ4v) is 3.25. The molecule has 3 aromatic rings. The predicted molar refractivity (Wildman–Crippen MR) is 94.8 cm³/mol. The molecule has 3 heterocycles. The Morgan fingerprint density at radius 1 is 1.16 bits per heavy atom. The van der Waals surface area contributed by atoms with Gasteiger partial charge in [0.25, 0.3) is 0 Å². The van der Waals surface area contributed by atoms with E-state index in [0.29, 0.717) is 5.88 Å². The normalized spacial score (nSPS) is 15.7. The molecule has 1 aliphatic rings. The van der Waals surface area contributed by atoms with E-state index in [1.807, 2.05) is 13.0 Å². The molecule has 0 aliphatic carbocycles. The molecule has 0 spiro atoms. The van der Waals surface area contributed by atoms with Crippen molar-refractivity contribution in [2.45, 2.75) is 13.5 Å². The number of methoxy groups -OCH3 is 1. The highest BCUT2D eigenvalue weighted by Crippen LogP contribution is 2.27. The molecule has 7 nitrogen and oxygen atoms in total. The lowest BCUT2D eigenvalue weighted by molar-refractivity contribution is 0.247. The van der Waals surface area contributed by atoms with E-state index >= 15 is 0 Å². The molecular formula is C18H21N5O2. The quantitative estimate of drug-likeness (QED) is 0.722. The Balaban J connectivity index is 1.46. The average molecular weight is 339 g/mol. The average Bonchev–Trinajstić information content (AvgIpc) is 3.06. The molecule has 1 saturated heterocycles. The van der Waals surface area contributed by atoms with Crippen molar-refractivity contribution >= 4 is 16.6 Å². The summed E-state index contributed by atoms with van der Waals surface area (Å²) in [5, 5.41) is 0.947. The lowest BCUT2D eigenvalue weighted by Crippen LogP contribution is -2.46.